The standard InChI is InChI=1S/C26H22N8O/c1-2-7-20-17-34(24-11-6-3-8-19(24)14-27)26(35)33(20)16-18-12-13-23(28-15-18)21-9-4-5-10-22(21)25-29-31-32-30-25/h3-6,8-13,15,17H,2,7,16H2,1H3,(H,29,30,31,32). The van der Waals surface area contributed by atoms with Crippen LogP contribution in [-0.4, -0.2) is 34.7 Å². The first-order chi connectivity index (χ1) is 17.2. The van der Waals surface area contributed by atoms with Crippen LogP contribution in [0.1, 0.15) is 30.2 Å². The van der Waals surface area contributed by atoms with Gasteiger partial charge in [0.1, 0.15) is 6.07 Å². The van der Waals surface area contributed by atoms with Gasteiger partial charge in [-0.05, 0) is 40.6 Å². The lowest BCUT2D eigenvalue weighted by Gasteiger charge is -2.09. The van der Waals surface area contributed by atoms with Crippen molar-refractivity contribution in [1.82, 2.24) is 34.7 Å². The number of H-pyrrole nitrogens is 1. The summed E-state index contributed by atoms with van der Waals surface area (Å²) in [5.74, 6) is 0.571. The Morgan fingerprint density at radius 2 is 1.83 bits per heavy atom. The van der Waals surface area contributed by atoms with E-state index in [2.05, 4.69) is 38.6 Å². The average molecular weight is 463 g/mol. The molecule has 35 heavy (non-hydrogen) atoms. The molecule has 3 heterocycles. The van der Waals surface area contributed by atoms with E-state index in [1.54, 1.807) is 33.5 Å². The van der Waals surface area contributed by atoms with Gasteiger partial charge in [0.2, 0.25) is 0 Å². The number of aromatic amines is 1. The van der Waals surface area contributed by atoms with Gasteiger partial charge in [-0.15, -0.1) is 5.10 Å². The molecule has 2 aromatic carbocycles. The second-order valence-corrected chi connectivity index (χ2v) is 8.09. The number of nitrogens with zero attached hydrogens (tertiary/aromatic N) is 7. The first-order valence-corrected chi connectivity index (χ1v) is 11.3. The van der Waals surface area contributed by atoms with Gasteiger partial charge >= 0.3 is 5.69 Å². The maximum absolute atomic E-state index is 13.4. The van der Waals surface area contributed by atoms with E-state index in [-0.39, 0.29) is 5.69 Å². The molecule has 5 rings (SSSR count). The van der Waals surface area contributed by atoms with Crippen molar-refractivity contribution in [3.63, 3.8) is 0 Å². The highest BCUT2D eigenvalue weighted by Gasteiger charge is 2.16. The smallest absolute Gasteiger partial charge is 0.292 e. The zero-order valence-corrected chi connectivity index (χ0v) is 19.1. The van der Waals surface area contributed by atoms with Gasteiger partial charge in [0.05, 0.1) is 23.5 Å². The molecule has 0 aliphatic carbocycles. The molecular weight excluding hydrogens is 440 g/mol. The Kier molecular flexibility index (Phi) is 6.01. The van der Waals surface area contributed by atoms with Crippen molar-refractivity contribution in [2.45, 2.75) is 26.3 Å². The van der Waals surface area contributed by atoms with Crippen molar-refractivity contribution in [2.75, 3.05) is 0 Å². The third kappa shape index (κ3) is 4.25. The van der Waals surface area contributed by atoms with E-state index < -0.39 is 0 Å². The Hall–Kier alpha value is -4.84. The molecule has 0 amide bonds. The van der Waals surface area contributed by atoms with Crippen LogP contribution in [0.4, 0.5) is 0 Å². The fraction of sp³-hybridized carbons (Fsp3) is 0.154. The third-order valence-corrected chi connectivity index (χ3v) is 5.82. The van der Waals surface area contributed by atoms with Crippen molar-refractivity contribution in [3.05, 3.63) is 100 Å². The second-order valence-electron chi connectivity index (χ2n) is 8.09. The molecule has 0 fully saturated rings. The second kappa shape index (κ2) is 9.57. The van der Waals surface area contributed by atoms with Crippen LogP contribution in [0.2, 0.25) is 0 Å². The zero-order chi connectivity index (χ0) is 24.2. The van der Waals surface area contributed by atoms with Gasteiger partial charge in [0.15, 0.2) is 5.82 Å². The lowest BCUT2D eigenvalue weighted by Crippen LogP contribution is -2.25. The van der Waals surface area contributed by atoms with Gasteiger partial charge in [-0.25, -0.2) is 9.89 Å². The van der Waals surface area contributed by atoms with Gasteiger partial charge in [-0.2, -0.15) is 5.26 Å². The SMILES string of the molecule is CCCc1cn(-c2ccccc2C#N)c(=O)n1Cc1ccc(-c2ccccc2-c2nnn[nH]2)nc1. The van der Waals surface area contributed by atoms with Crippen LogP contribution >= 0.6 is 0 Å². The average Bonchev–Trinajstić information content (AvgIpc) is 3.54. The largest absolute Gasteiger partial charge is 0.333 e. The van der Waals surface area contributed by atoms with Crippen LogP contribution in [0.5, 0.6) is 0 Å². The summed E-state index contributed by atoms with van der Waals surface area (Å²) in [6.45, 7) is 2.46. The minimum Gasteiger partial charge on any atom is -0.292 e. The third-order valence-electron chi connectivity index (χ3n) is 5.82. The molecule has 0 unspecified atom stereocenters. The van der Waals surface area contributed by atoms with Crippen LogP contribution in [0.3, 0.4) is 0 Å². The van der Waals surface area contributed by atoms with Crippen LogP contribution in [0.15, 0.2) is 77.9 Å². The maximum Gasteiger partial charge on any atom is 0.333 e. The minimum absolute atomic E-state index is 0.177. The number of hydrogen-bond acceptors (Lipinski definition) is 6. The highest BCUT2D eigenvalue weighted by Crippen LogP contribution is 2.28. The van der Waals surface area contributed by atoms with Gasteiger partial charge in [-0.1, -0.05) is 55.8 Å². The van der Waals surface area contributed by atoms with E-state index in [0.717, 1.165) is 40.9 Å². The molecule has 0 saturated heterocycles. The summed E-state index contributed by atoms with van der Waals surface area (Å²) < 4.78 is 3.31. The normalized spacial score (nSPS) is 10.9. The van der Waals surface area contributed by atoms with Gasteiger partial charge in [0, 0.05) is 29.2 Å². The summed E-state index contributed by atoms with van der Waals surface area (Å²) in [6.07, 6.45) is 5.27. The molecule has 1 N–H and O–H groups in total. The summed E-state index contributed by atoms with van der Waals surface area (Å²) >= 11 is 0. The number of tetrazole rings is 1. The number of benzene rings is 2. The van der Waals surface area contributed by atoms with E-state index >= 15 is 0 Å². The first-order valence-electron chi connectivity index (χ1n) is 11.3. The molecule has 0 saturated carbocycles. The van der Waals surface area contributed by atoms with Gasteiger partial charge < -0.3 is 0 Å². The Labute approximate surface area is 201 Å². The summed E-state index contributed by atoms with van der Waals surface area (Å²) in [4.78, 5) is 18.0. The molecule has 5 aromatic rings. The molecule has 0 atom stereocenters. The molecule has 9 heteroatoms. The fourth-order valence-corrected chi connectivity index (χ4v) is 4.15. The molecule has 9 nitrogen and oxygen atoms in total. The molecule has 0 aliphatic heterocycles. The van der Waals surface area contributed by atoms with Crippen LogP contribution < -0.4 is 5.69 Å². The van der Waals surface area contributed by atoms with Gasteiger partial charge in [-0.3, -0.25) is 14.1 Å². The summed E-state index contributed by atoms with van der Waals surface area (Å²) in [6, 6.07) is 21.0. The van der Waals surface area contributed by atoms with E-state index in [1.807, 2.05) is 48.7 Å². The molecular formula is C26H22N8O. The van der Waals surface area contributed by atoms with E-state index in [9.17, 15) is 10.1 Å². The Balaban J connectivity index is 1.49. The Morgan fingerprint density at radius 1 is 1.03 bits per heavy atom. The Bertz CT molecular complexity index is 1560. The number of rotatable bonds is 7. The minimum atomic E-state index is -0.177. The number of hydrogen-bond donors (Lipinski definition) is 1. The lowest BCUT2D eigenvalue weighted by atomic mass is 10.0. The molecule has 0 radical (unpaired) electrons. The number of nitriles is 1. The number of pyridine rings is 1. The van der Waals surface area contributed by atoms with Crippen molar-refractivity contribution in [2.24, 2.45) is 0 Å². The molecule has 0 spiro atoms. The van der Waals surface area contributed by atoms with Crippen molar-refractivity contribution in [1.29, 1.82) is 5.26 Å². The van der Waals surface area contributed by atoms with Crippen LogP contribution in [0.25, 0.3) is 28.3 Å². The lowest BCUT2D eigenvalue weighted by molar-refractivity contribution is 0.690. The van der Waals surface area contributed by atoms with E-state index in [0.29, 0.717) is 23.6 Å². The number of aryl methyl sites for hydroxylation is 1. The molecule has 0 aliphatic rings. The zero-order valence-electron chi connectivity index (χ0n) is 19.1. The fourth-order valence-electron chi connectivity index (χ4n) is 4.15. The maximum atomic E-state index is 13.4. The van der Waals surface area contributed by atoms with Crippen LogP contribution in [-0.2, 0) is 13.0 Å². The van der Waals surface area contributed by atoms with E-state index in [4.69, 9.17) is 0 Å². The summed E-state index contributed by atoms with van der Waals surface area (Å²) in [7, 11) is 0. The summed E-state index contributed by atoms with van der Waals surface area (Å²) in [5, 5.41) is 23.6. The first kappa shape index (κ1) is 22.0. The van der Waals surface area contributed by atoms with Crippen LogP contribution in [0, 0.1) is 11.3 Å². The number of para-hydroxylation sites is 1. The quantitative estimate of drug-likeness (QED) is 0.393. The van der Waals surface area contributed by atoms with Crippen molar-refractivity contribution >= 4 is 0 Å². The monoisotopic (exact) mass is 462 g/mol. The molecule has 172 valence electrons. The van der Waals surface area contributed by atoms with E-state index in [1.165, 1.54) is 0 Å². The predicted octanol–water partition coefficient (Wildman–Crippen LogP) is 3.75. The number of aromatic nitrogens is 7. The molecule has 0 bridgehead atoms. The molecule has 3 aromatic heterocycles. The van der Waals surface area contributed by atoms with Gasteiger partial charge in [0.25, 0.3) is 0 Å². The number of nitrogens with one attached hydrogen (secondary N) is 1. The number of imidazole rings is 1. The highest BCUT2D eigenvalue weighted by atomic mass is 16.1. The predicted molar refractivity (Wildman–Crippen MR) is 131 cm³/mol. The summed E-state index contributed by atoms with van der Waals surface area (Å²) in [5.41, 5.74) is 5.22. The Morgan fingerprint density at radius 3 is 2.54 bits per heavy atom. The topological polar surface area (TPSA) is 118 Å². The highest BCUT2D eigenvalue weighted by molar-refractivity contribution is 5.78. The van der Waals surface area contributed by atoms with Crippen molar-refractivity contribution in [3.8, 4) is 34.4 Å². The van der Waals surface area contributed by atoms with Crippen molar-refractivity contribution < 1.29 is 0 Å².